The van der Waals surface area contributed by atoms with Crippen LogP contribution >= 0.6 is 23.6 Å². The van der Waals surface area contributed by atoms with Crippen LogP contribution < -0.4 is 5.56 Å². The average Bonchev–Trinajstić information content (AvgIpc) is 3.02. The molecule has 1 N–H and O–H groups in total. The molecule has 25 heavy (non-hydrogen) atoms. The smallest absolute Gasteiger partial charge is 0.329 e. The Morgan fingerprint density at radius 1 is 1.40 bits per heavy atom. The average molecular weight is 381 g/mol. The van der Waals surface area contributed by atoms with Crippen molar-refractivity contribution in [2.75, 3.05) is 0 Å². The molecule has 1 unspecified atom stereocenters. The maximum Gasteiger partial charge on any atom is 0.329 e. The van der Waals surface area contributed by atoms with Crippen LogP contribution in [0.15, 0.2) is 10.9 Å². The number of esters is 1. The third-order valence-electron chi connectivity index (χ3n) is 4.83. The highest BCUT2D eigenvalue weighted by Gasteiger charge is 2.27. The number of thiophene rings is 1. The lowest BCUT2D eigenvalue weighted by atomic mass is 9.98. The van der Waals surface area contributed by atoms with E-state index in [1.54, 1.807) is 0 Å². The number of H-pyrrole nitrogens is 1. The first kappa shape index (κ1) is 18.3. The lowest BCUT2D eigenvalue weighted by Gasteiger charge is -2.25. The van der Waals surface area contributed by atoms with Gasteiger partial charge in [-0.15, -0.1) is 11.3 Å². The molecule has 0 amide bonds. The Hall–Kier alpha value is -1.47. The van der Waals surface area contributed by atoms with Crippen LogP contribution in [0.25, 0.3) is 10.2 Å². The summed E-state index contributed by atoms with van der Waals surface area (Å²) in [6.45, 7) is 3.93. The van der Waals surface area contributed by atoms with Gasteiger partial charge in [0.25, 0.3) is 5.56 Å². The second kappa shape index (κ2) is 7.83. The molecule has 2 aromatic heterocycles. The Balaban J connectivity index is 1.95. The van der Waals surface area contributed by atoms with Crippen molar-refractivity contribution in [3.8, 4) is 0 Å². The minimum Gasteiger partial charge on any atom is -0.461 e. The number of hydrogen-bond acceptors (Lipinski definition) is 5. The fraction of sp³-hybridized carbons (Fsp3) is 0.611. The Labute approximate surface area is 156 Å². The summed E-state index contributed by atoms with van der Waals surface area (Å²) in [5.74, 6) is -0.346. The normalized spacial score (nSPS) is 16.9. The van der Waals surface area contributed by atoms with Gasteiger partial charge < -0.3 is 9.72 Å². The van der Waals surface area contributed by atoms with Gasteiger partial charge in [-0.05, 0) is 56.8 Å². The van der Waals surface area contributed by atoms with E-state index in [4.69, 9.17) is 17.0 Å². The molecule has 2 heterocycles. The van der Waals surface area contributed by atoms with Crippen molar-refractivity contribution in [2.24, 2.45) is 0 Å². The molecule has 1 aliphatic rings. The van der Waals surface area contributed by atoms with Crippen LogP contribution in [0, 0.1) is 4.77 Å². The number of aromatic amines is 1. The van der Waals surface area contributed by atoms with Crippen LogP contribution in [0.5, 0.6) is 0 Å². The highest BCUT2D eigenvalue weighted by atomic mass is 32.1. The van der Waals surface area contributed by atoms with E-state index in [1.807, 2.05) is 19.9 Å². The van der Waals surface area contributed by atoms with Crippen molar-refractivity contribution in [1.29, 1.82) is 0 Å². The van der Waals surface area contributed by atoms with Gasteiger partial charge in [0.1, 0.15) is 17.0 Å². The lowest BCUT2D eigenvalue weighted by molar-refractivity contribution is -0.154. The van der Waals surface area contributed by atoms with E-state index in [9.17, 15) is 9.59 Å². The SMILES string of the molecule is CCc1cc2c(=O)n(C(CC)C(=O)OC3CCCCC3)c(=S)[nH]c2s1. The zero-order valence-corrected chi connectivity index (χ0v) is 16.3. The molecule has 136 valence electrons. The fourth-order valence-electron chi connectivity index (χ4n) is 3.41. The van der Waals surface area contributed by atoms with Crippen molar-refractivity contribution in [3.63, 3.8) is 0 Å². The van der Waals surface area contributed by atoms with Crippen LogP contribution in [0.4, 0.5) is 0 Å². The molecule has 0 radical (unpaired) electrons. The predicted octanol–water partition coefficient (Wildman–Crippen LogP) is 4.51. The highest BCUT2D eigenvalue weighted by molar-refractivity contribution is 7.71. The predicted molar refractivity (Wildman–Crippen MR) is 103 cm³/mol. The zero-order chi connectivity index (χ0) is 18.0. The molecular weight excluding hydrogens is 356 g/mol. The summed E-state index contributed by atoms with van der Waals surface area (Å²) in [4.78, 5) is 30.7. The molecule has 1 saturated carbocycles. The van der Waals surface area contributed by atoms with Crippen LogP contribution in [-0.4, -0.2) is 21.6 Å². The quantitative estimate of drug-likeness (QED) is 0.612. The largest absolute Gasteiger partial charge is 0.461 e. The first-order valence-corrected chi connectivity index (χ1v) is 10.2. The lowest BCUT2D eigenvalue weighted by Crippen LogP contribution is -2.34. The summed E-state index contributed by atoms with van der Waals surface area (Å²) in [5.41, 5.74) is -0.206. The molecule has 2 aromatic rings. The fourth-order valence-corrected chi connectivity index (χ4v) is 4.77. The molecule has 0 aromatic carbocycles. The summed E-state index contributed by atoms with van der Waals surface area (Å²) in [7, 11) is 0. The minimum atomic E-state index is -0.674. The number of rotatable bonds is 5. The number of aromatic nitrogens is 2. The van der Waals surface area contributed by atoms with Crippen LogP contribution in [0.1, 0.15) is 63.3 Å². The van der Waals surface area contributed by atoms with Gasteiger partial charge in [0, 0.05) is 4.88 Å². The first-order chi connectivity index (χ1) is 12.0. The Kier molecular flexibility index (Phi) is 5.74. The summed E-state index contributed by atoms with van der Waals surface area (Å²) < 4.78 is 7.38. The number of fused-ring (bicyclic) bond motifs is 1. The molecule has 7 heteroatoms. The van der Waals surface area contributed by atoms with E-state index in [-0.39, 0.29) is 22.4 Å². The Morgan fingerprint density at radius 3 is 2.76 bits per heavy atom. The molecule has 3 rings (SSSR count). The number of nitrogens with one attached hydrogen (secondary N) is 1. The Morgan fingerprint density at radius 2 is 2.12 bits per heavy atom. The van der Waals surface area contributed by atoms with E-state index in [0.717, 1.165) is 41.8 Å². The second-order valence-corrected chi connectivity index (χ2v) is 8.06. The number of aryl methyl sites for hydroxylation is 1. The van der Waals surface area contributed by atoms with E-state index >= 15 is 0 Å². The number of ether oxygens (including phenoxy) is 1. The monoisotopic (exact) mass is 380 g/mol. The van der Waals surface area contributed by atoms with Gasteiger partial charge in [-0.3, -0.25) is 9.36 Å². The van der Waals surface area contributed by atoms with E-state index in [2.05, 4.69) is 4.98 Å². The summed E-state index contributed by atoms with van der Waals surface area (Å²) >= 11 is 6.92. The Bertz CT molecular complexity index is 875. The highest BCUT2D eigenvalue weighted by Crippen LogP contribution is 2.25. The first-order valence-electron chi connectivity index (χ1n) is 9.02. The van der Waals surface area contributed by atoms with Gasteiger partial charge in [-0.1, -0.05) is 20.3 Å². The number of nitrogens with zero attached hydrogens (tertiary/aromatic N) is 1. The van der Waals surface area contributed by atoms with Crippen molar-refractivity contribution < 1.29 is 9.53 Å². The van der Waals surface area contributed by atoms with Gasteiger partial charge in [-0.25, -0.2) is 4.79 Å². The molecule has 0 spiro atoms. The molecule has 1 atom stereocenters. The maximum atomic E-state index is 13.0. The molecule has 5 nitrogen and oxygen atoms in total. The summed E-state index contributed by atoms with van der Waals surface area (Å²) in [5, 5.41) is 0.597. The molecule has 0 aliphatic heterocycles. The number of hydrogen-bond donors (Lipinski definition) is 1. The van der Waals surface area contributed by atoms with Gasteiger partial charge in [0.2, 0.25) is 0 Å². The third-order valence-corrected chi connectivity index (χ3v) is 6.32. The standard InChI is InChI=1S/C18H24N2O3S2/c1-3-12-10-13-15(25-12)19-18(24)20(16(13)21)14(4-2)17(22)23-11-8-6-5-7-9-11/h10-11,14H,3-9H2,1-2H3,(H,19,24). The molecule has 0 saturated heterocycles. The van der Waals surface area contributed by atoms with E-state index < -0.39 is 6.04 Å². The van der Waals surface area contributed by atoms with Gasteiger partial charge >= 0.3 is 5.97 Å². The van der Waals surface area contributed by atoms with Crippen molar-refractivity contribution in [1.82, 2.24) is 9.55 Å². The topological polar surface area (TPSA) is 64.1 Å². The minimum absolute atomic E-state index is 0.0277. The summed E-state index contributed by atoms with van der Waals surface area (Å²) in [6.07, 6.45) is 6.51. The third kappa shape index (κ3) is 3.72. The second-order valence-electron chi connectivity index (χ2n) is 6.54. The van der Waals surface area contributed by atoms with Crippen molar-refractivity contribution in [2.45, 2.75) is 70.9 Å². The summed E-state index contributed by atoms with van der Waals surface area (Å²) in [6, 6.07) is 1.22. The molecule has 1 aliphatic carbocycles. The maximum absolute atomic E-state index is 13.0. The van der Waals surface area contributed by atoms with E-state index in [1.165, 1.54) is 22.3 Å². The molecular formula is C18H24N2O3S2. The van der Waals surface area contributed by atoms with Gasteiger partial charge in [0.15, 0.2) is 4.77 Å². The van der Waals surface area contributed by atoms with Gasteiger partial charge in [0.05, 0.1) is 5.39 Å². The molecule has 0 bridgehead atoms. The number of carbonyl (C=O) groups is 1. The van der Waals surface area contributed by atoms with Crippen LogP contribution in [-0.2, 0) is 16.0 Å². The zero-order valence-electron chi connectivity index (χ0n) is 14.7. The van der Waals surface area contributed by atoms with Crippen molar-refractivity contribution in [3.05, 3.63) is 26.1 Å². The van der Waals surface area contributed by atoms with Crippen molar-refractivity contribution >= 4 is 39.7 Å². The van der Waals surface area contributed by atoms with Crippen LogP contribution in [0.2, 0.25) is 0 Å². The van der Waals surface area contributed by atoms with E-state index in [0.29, 0.717) is 11.8 Å². The number of carbonyl (C=O) groups excluding carboxylic acids is 1. The molecule has 1 fully saturated rings. The van der Waals surface area contributed by atoms with Crippen LogP contribution in [0.3, 0.4) is 0 Å². The van der Waals surface area contributed by atoms with Gasteiger partial charge in [-0.2, -0.15) is 0 Å².